The van der Waals surface area contributed by atoms with E-state index in [0.717, 1.165) is 31.5 Å². The molecular formula is C29H54N2O8Si2. The van der Waals surface area contributed by atoms with Crippen LogP contribution in [0.3, 0.4) is 0 Å². The van der Waals surface area contributed by atoms with Gasteiger partial charge >= 0.3 is 5.97 Å². The number of rotatable bonds is 17. The predicted octanol–water partition coefficient (Wildman–Crippen LogP) is 4.33. The lowest BCUT2D eigenvalue weighted by Crippen LogP contribution is -2.45. The maximum absolute atomic E-state index is 13.5. The van der Waals surface area contributed by atoms with E-state index in [1.807, 2.05) is 7.05 Å². The predicted molar refractivity (Wildman–Crippen MR) is 162 cm³/mol. The number of carbonyl (C=O) groups is 4. The van der Waals surface area contributed by atoms with Crippen LogP contribution in [0, 0.1) is 35.5 Å². The van der Waals surface area contributed by atoms with Crippen molar-refractivity contribution in [2.45, 2.75) is 96.6 Å². The number of carbonyl (C=O) groups excluding carboxylic acids is 3. The number of hydrogen-bond acceptors (Lipinski definition) is 8. The Morgan fingerprint density at radius 3 is 1.93 bits per heavy atom. The van der Waals surface area contributed by atoms with E-state index in [4.69, 9.17) is 9.37 Å². The van der Waals surface area contributed by atoms with Crippen LogP contribution in [0.25, 0.3) is 0 Å². The van der Waals surface area contributed by atoms with Gasteiger partial charge in [0.25, 0.3) is 0 Å². The second kappa shape index (κ2) is 16.4. The first-order valence-corrected chi connectivity index (χ1v) is 21.6. The number of aliphatic carboxylic acids is 1. The molecule has 0 radical (unpaired) electrons. The van der Waals surface area contributed by atoms with Gasteiger partial charge in [-0.25, -0.2) is 4.89 Å². The Balaban J connectivity index is 1.93. The molecule has 10 nitrogen and oxygen atoms in total. The molecule has 236 valence electrons. The van der Waals surface area contributed by atoms with Gasteiger partial charge in [0.05, 0.1) is 12.5 Å². The monoisotopic (exact) mass is 614 g/mol. The van der Waals surface area contributed by atoms with E-state index >= 15 is 0 Å². The van der Waals surface area contributed by atoms with E-state index in [-0.39, 0.29) is 48.3 Å². The summed E-state index contributed by atoms with van der Waals surface area (Å²) in [6.07, 6.45) is 4.50. The molecule has 6 atom stereocenters. The van der Waals surface area contributed by atoms with Gasteiger partial charge in [-0.2, -0.15) is 0 Å². The van der Waals surface area contributed by atoms with Gasteiger partial charge < -0.3 is 19.9 Å². The molecular weight excluding hydrogens is 560 g/mol. The van der Waals surface area contributed by atoms with Crippen molar-refractivity contribution in [1.82, 2.24) is 10.6 Å². The largest absolute Gasteiger partial charge is 0.481 e. The van der Waals surface area contributed by atoms with Crippen molar-refractivity contribution in [2.75, 3.05) is 26.7 Å². The Morgan fingerprint density at radius 2 is 1.39 bits per heavy atom. The van der Waals surface area contributed by atoms with Crippen molar-refractivity contribution in [3.8, 4) is 0 Å². The molecule has 0 heterocycles. The molecule has 0 bridgehead atoms. The second-order valence-corrected chi connectivity index (χ2v) is 22.3. The summed E-state index contributed by atoms with van der Waals surface area (Å²) >= 11 is 0. The quantitative estimate of drug-likeness (QED) is 0.0812. The Bertz CT molecular complexity index is 900. The minimum absolute atomic E-state index is 0.0349. The third-order valence-corrected chi connectivity index (χ3v) is 16.7. The van der Waals surface area contributed by atoms with Crippen LogP contribution in [0.1, 0.15) is 58.3 Å². The Kier molecular flexibility index (Phi) is 14.3. The zero-order chi connectivity index (χ0) is 30.8. The molecule has 6 unspecified atom stereocenters. The van der Waals surface area contributed by atoms with Gasteiger partial charge in [-0.1, -0.05) is 0 Å². The van der Waals surface area contributed by atoms with E-state index in [2.05, 4.69) is 41.7 Å². The molecule has 2 aliphatic rings. The number of amides is 1. The maximum atomic E-state index is 13.5. The summed E-state index contributed by atoms with van der Waals surface area (Å²) in [5.41, 5.74) is 0. The Labute approximate surface area is 247 Å². The van der Waals surface area contributed by atoms with Gasteiger partial charge in [0, 0.05) is 30.2 Å². The van der Waals surface area contributed by atoms with E-state index < -0.39 is 40.4 Å². The molecule has 12 heteroatoms. The molecule has 2 rings (SSSR count). The van der Waals surface area contributed by atoms with Crippen LogP contribution in [0.5, 0.6) is 0 Å². The number of hydrogen-bond donors (Lipinski definition) is 4. The fourth-order valence-electron chi connectivity index (χ4n) is 7.01. The number of nitrogens with one attached hydrogen (secondary N) is 2. The summed E-state index contributed by atoms with van der Waals surface area (Å²) in [7, 11) is -1.65. The van der Waals surface area contributed by atoms with Crippen LogP contribution in [-0.2, 0) is 28.2 Å². The fraction of sp³-hybridized carbons (Fsp3) is 0.862. The highest BCUT2D eigenvalue weighted by molar-refractivity contribution is 6.84. The lowest BCUT2D eigenvalue weighted by atomic mass is 9.66. The van der Waals surface area contributed by atoms with Crippen molar-refractivity contribution in [3.05, 3.63) is 0 Å². The maximum Gasteiger partial charge on any atom is 0.307 e. The van der Waals surface area contributed by atoms with Crippen molar-refractivity contribution in [1.29, 1.82) is 0 Å². The minimum Gasteiger partial charge on any atom is -0.481 e. The summed E-state index contributed by atoms with van der Waals surface area (Å²) < 4.78 is 6.69. The molecule has 2 aliphatic carbocycles. The minimum atomic E-state index is -1.88. The molecule has 2 saturated carbocycles. The normalized spacial score (nSPS) is 27.3. The summed E-state index contributed by atoms with van der Waals surface area (Å²) in [6, 6.07) is 2.06. The van der Waals surface area contributed by atoms with Gasteiger partial charge in [0.1, 0.15) is 11.6 Å². The summed E-state index contributed by atoms with van der Waals surface area (Å²) in [4.78, 5) is 55.0. The lowest BCUT2D eigenvalue weighted by Gasteiger charge is -2.38. The van der Waals surface area contributed by atoms with E-state index in [1.54, 1.807) is 0 Å². The van der Waals surface area contributed by atoms with E-state index in [9.17, 15) is 24.3 Å². The zero-order valence-electron chi connectivity index (χ0n) is 26.0. The topological polar surface area (TPSA) is 151 Å². The summed E-state index contributed by atoms with van der Waals surface area (Å²) in [6.45, 7) is 12.0. The van der Waals surface area contributed by atoms with Gasteiger partial charge in [-0.15, -0.1) is 0 Å². The van der Waals surface area contributed by atoms with Crippen LogP contribution in [0.4, 0.5) is 0 Å². The van der Waals surface area contributed by atoms with Gasteiger partial charge in [-0.05, 0) is 116 Å². The van der Waals surface area contributed by atoms with E-state index in [1.165, 1.54) is 6.92 Å². The lowest BCUT2D eigenvalue weighted by molar-refractivity contribution is -0.255. The highest BCUT2D eigenvalue weighted by atomic mass is 28.4. The second-order valence-electron chi connectivity index (χ2n) is 13.5. The molecule has 2 fully saturated rings. The van der Waals surface area contributed by atoms with Gasteiger partial charge in [-0.3, -0.25) is 24.4 Å². The smallest absolute Gasteiger partial charge is 0.307 e. The van der Waals surface area contributed by atoms with Crippen molar-refractivity contribution >= 4 is 40.1 Å². The summed E-state index contributed by atoms with van der Waals surface area (Å²) in [5.74, 6) is -3.97. The van der Waals surface area contributed by atoms with Gasteiger partial charge in [0.2, 0.25) is 5.91 Å². The van der Waals surface area contributed by atoms with Crippen molar-refractivity contribution in [3.63, 3.8) is 0 Å². The first kappa shape index (κ1) is 35.7. The van der Waals surface area contributed by atoms with E-state index in [0.29, 0.717) is 38.6 Å². The number of ketones is 2. The van der Waals surface area contributed by atoms with Crippen LogP contribution in [0.15, 0.2) is 0 Å². The number of Topliss-reactive ketones (excluding diaryl/α,β-unsaturated/α-hetero) is 2. The molecule has 1 amide bonds. The molecule has 4 N–H and O–H groups in total. The Morgan fingerprint density at radius 1 is 0.829 bits per heavy atom. The first-order chi connectivity index (χ1) is 19.2. The third kappa shape index (κ3) is 11.3. The third-order valence-electron chi connectivity index (χ3n) is 9.13. The van der Waals surface area contributed by atoms with Crippen LogP contribution in [0.2, 0.25) is 38.3 Å². The molecule has 0 aromatic carbocycles. The van der Waals surface area contributed by atoms with Crippen LogP contribution in [-0.4, -0.2) is 77.2 Å². The number of carboxylic acids is 1. The van der Waals surface area contributed by atoms with Crippen molar-refractivity contribution < 1.29 is 38.5 Å². The molecule has 0 aromatic heterocycles. The SMILES string of the molecule is CNCCC[Si](C)(C)O[Si](C)(C)CCCNC(=O)C1CC(C(=O)C2CCC(C(=O)O)C(C(C)=O)C2)CCC1COO. The molecule has 41 heavy (non-hydrogen) atoms. The molecule has 0 aliphatic heterocycles. The number of carboxylic acid groups (broad SMARTS) is 1. The molecule has 0 spiro atoms. The first-order valence-electron chi connectivity index (χ1n) is 15.4. The molecule has 0 saturated heterocycles. The highest BCUT2D eigenvalue weighted by Crippen LogP contribution is 2.41. The van der Waals surface area contributed by atoms with Crippen molar-refractivity contribution in [2.24, 2.45) is 35.5 Å². The van der Waals surface area contributed by atoms with Gasteiger partial charge in [0.15, 0.2) is 16.6 Å². The molecule has 0 aromatic rings. The standard InChI is InChI=1S/C29H54N2O8Si2/c1-20(32)25-17-22(11-12-24(25)29(35)36)27(33)21-9-10-23(19-38-37)26(18-21)28(34)31-14-8-16-41(5,6)39-40(3,4)15-7-13-30-2/h21-26,30,37H,7-19H2,1-6H3,(H,31,34)(H,35,36). The highest BCUT2D eigenvalue weighted by Gasteiger charge is 2.44. The fourth-order valence-corrected chi connectivity index (χ4v) is 15.9. The van der Waals surface area contributed by atoms with Crippen LogP contribution >= 0.6 is 0 Å². The summed E-state index contributed by atoms with van der Waals surface area (Å²) in [5, 5.41) is 24.9. The Hall–Kier alpha value is -1.45. The zero-order valence-corrected chi connectivity index (χ0v) is 28.0. The van der Waals surface area contributed by atoms with Crippen LogP contribution < -0.4 is 10.6 Å². The average Bonchev–Trinajstić information content (AvgIpc) is 2.90. The average molecular weight is 615 g/mol.